The van der Waals surface area contributed by atoms with Gasteiger partial charge in [-0.3, -0.25) is 0 Å². The molecule has 1 rings (SSSR count). The van der Waals surface area contributed by atoms with Crippen molar-refractivity contribution in [2.24, 2.45) is 0 Å². The van der Waals surface area contributed by atoms with Gasteiger partial charge in [-0.15, -0.1) is 0 Å². The second-order valence-electron chi connectivity index (χ2n) is 3.54. The van der Waals surface area contributed by atoms with E-state index in [1.807, 2.05) is 11.9 Å². The summed E-state index contributed by atoms with van der Waals surface area (Å²) < 4.78 is 0. The monoisotopic (exact) mass is 170 g/mol. The number of nitrogens with zero attached hydrogens (tertiary/aromatic N) is 2. The second-order valence-corrected chi connectivity index (χ2v) is 3.54. The average Bonchev–Trinajstić information content (AvgIpc) is 2.06. The van der Waals surface area contributed by atoms with Crippen LogP contribution in [0.2, 0.25) is 0 Å². The number of hydrogen-bond donors (Lipinski definition) is 0. The molecule has 1 atom stereocenters. The first-order valence-electron chi connectivity index (χ1n) is 4.68. The van der Waals surface area contributed by atoms with Gasteiger partial charge in [-0.25, -0.2) is 4.79 Å². The number of rotatable bonds is 2. The molecular formula is C9H18N2O. The molecule has 3 heteroatoms. The Bertz CT molecular complexity index is 170. The molecule has 1 fully saturated rings. The molecule has 0 aromatic carbocycles. The van der Waals surface area contributed by atoms with Gasteiger partial charge in [-0.05, 0) is 19.8 Å². The van der Waals surface area contributed by atoms with Crippen molar-refractivity contribution in [1.29, 1.82) is 0 Å². The summed E-state index contributed by atoms with van der Waals surface area (Å²) in [5, 5.41) is 0. The van der Waals surface area contributed by atoms with Crippen molar-refractivity contribution in [3.05, 3.63) is 0 Å². The molecule has 0 saturated carbocycles. The maximum atomic E-state index is 11.6. The van der Waals surface area contributed by atoms with Crippen molar-refractivity contribution in [1.82, 2.24) is 9.80 Å². The zero-order valence-electron chi connectivity index (χ0n) is 8.21. The third-order valence-corrected chi connectivity index (χ3v) is 2.45. The normalized spacial score (nSPS) is 24.9. The van der Waals surface area contributed by atoms with Crippen LogP contribution in [0.25, 0.3) is 0 Å². The van der Waals surface area contributed by atoms with Gasteiger partial charge in [0.05, 0.1) is 0 Å². The van der Waals surface area contributed by atoms with Crippen LogP contribution in [0.4, 0.5) is 4.79 Å². The summed E-state index contributed by atoms with van der Waals surface area (Å²) in [6.45, 7) is 6.03. The molecule has 3 nitrogen and oxygen atoms in total. The van der Waals surface area contributed by atoms with Crippen LogP contribution >= 0.6 is 0 Å². The van der Waals surface area contributed by atoms with Crippen LogP contribution in [0.3, 0.4) is 0 Å². The number of urea groups is 1. The van der Waals surface area contributed by atoms with E-state index in [1.165, 1.54) is 0 Å². The number of amides is 2. The van der Waals surface area contributed by atoms with Crippen molar-refractivity contribution in [3.8, 4) is 0 Å². The summed E-state index contributed by atoms with van der Waals surface area (Å²) in [5.41, 5.74) is 0. The van der Waals surface area contributed by atoms with Crippen LogP contribution in [0.15, 0.2) is 0 Å². The molecule has 1 aliphatic heterocycles. The van der Waals surface area contributed by atoms with E-state index < -0.39 is 0 Å². The summed E-state index contributed by atoms with van der Waals surface area (Å²) in [5.74, 6) is 0. The van der Waals surface area contributed by atoms with Gasteiger partial charge in [0, 0.05) is 26.2 Å². The molecule has 0 unspecified atom stereocenters. The largest absolute Gasteiger partial charge is 0.328 e. The van der Waals surface area contributed by atoms with E-state index in [1.54, 1.807) is 4.90 Å². The van der Waals surface area contributed by atoms with Crippen LogP contribution in [-0.4, -0.2) is 42.0 Å². The van der Waals surface area contributed by atoms with Crippen molar-refractivity contribution < 1.29 is 4.79 Å². The van der Waals surface area contributed by atoms with Gasteiger partial charge in [0.15, 0.2) is 0 Å². The van der Waals surface area contributed by atoms with Crippen molar-refractivity contribution in [2.75, 3.05) is 20.1 Å². The fourth-order valence-electron chi connectivity index (χ4n) is 1.60. The Morgan fingerprint density at radius 2 is 2.25 bits per heavy atom. The van der Waals surface area contributed by atoms with Crippen molar-refractivity contribution in [3.63, 3.8) is 0 Å². The maximum absolute atomic E-state index is 11.6. The summed E-state index contributed by atoms with van der Waals surface area (Å²) in [4.78, 5) is 15.3. The molecule has 1 aliphatic rings. The van der Waals surface area contributed by atoms with Gasteiger partial charge in [-0.2, -0.15) is 0 Å². The Labute approximate surface area is 74.3 Å². The zero-order chi connectivity index (χ0) is 9.14. The average molecular weight is 170 g/mol. The predicted molar refractivity (Wildman–Crippen MR) is 49.1 cm³/mol. The number of carbonyl (C=O) groups is 1. The van der Waals surface area contributed by atoms with Gasteiger partial charge in [0.1, 0.15) is 0 Å². The summed E-state index contributed by atoms with van der Waals surface area (Å²) >= 11 is 0. The SMILES string of the molecule is CCCN1C(=O)N(C)CC[C@@H]1C. The first-order valence-corrected chi connectivity index (χ1v) is 4.68. The van der Waals surface area contributed by atoms with Crippen LogP contribution in [0, 0.1) is 0 Å². The van der Waals surface area contributed by atoms with Gasteiger partial charge < -0.3 is 9.80 Å². The molecule has 2 amide bonds. The molecule has 0 radical (unpaired) electrons. The van der Waals surface area contributed by atoms with E-state index >= 15 is 0 Å². The topological polar surface area (TPSA) is 23.6 Å². The van der Waals surface area contributed by atoms with Gasteiger partial charge in [0.25, 0.3) is 0 Å². The minimum absolute atomic E-state index is 0.190. The van der Waals surface area contributed by atoms with Gasteiger partial charge in [0.2, 0.25) is 0 Å². The lowest BCUT2D eigenvalue weighted by molar-refractivity contribution is 0.115. The molecule has 0 spiro atoms. The zero-order valence-corrected chi connectivity index (χ0v) is 8.21. The van der Waals surface area contributed by atoms with E-state index in [9.17, 15) is 4.79 Å². The molecule has 70 valence electrons. The Kier molecular flexibility index (Phi) is 2.95. The number of carbonyl (C=O) groups excluding carboxylic acids is 1. The van der Waals surface area contributed by atoms with Crippen LogP contribution < -0.4 is 0 Å². The minimum atomic E-state index is 0.190. The molecule has 0 aliphatic carbocycles. The van der Waals surface area contributed by atoms with E-state index in [0.717, 1.165) is 25.9 Å². The van der Waals surface area contributed by atoms with Crippen LogP contribution in [0.5, 0.6) is 0 Å². The minimum Gasteiger partial charge on any atom is -0.328 e. The fourth-order valence-corrected chi connectivity index (χ4v) is 1.60. The summed E-state index contributed by atoms with van der Waals surface area (Å²) in [6, 6.07) is 0.615. The standard InChI is InChI=1S/C9H18N2O/c1-4-6-11-8(2)5-7-10(3)9(11)12/h8H,4-7H2,1-3H3/t8-/m0/s1. The smallest absolute Gasteiger partial charge is 0.319 e. The quantitative estimate of drug-likeness (QED) is 0.616. The number of hydrogen-bond acceptors (Lipinski definition) is 1. The van der Waals surface area contributed by atoms with Gasteiger partial charge >= 0.3 is 6.03 Å². The molecule has 0 bridgehead atoms. The molecule has 0 aromatic heterocycles. The Morgan fingerprint density at radius 1 is 1.58 bits per heavy atom. The van der Waals surface area contributed by atoms with E-state index in [-0.39, 0.29) is 6.03 Å². The van der Waals surface area contributed by atoms with E-state index in [4.69, 9.17) is 0 Å². The molecule has 1 saturated heterocycles. The summed E-state index contributed by atoms with van der Waals surface area (Å²) in [7, 11) is 1.87. The highest BCUT2D eigenvalue weighted by molar-refractivity contribution is 5.75. The predicted octanol–water partition coefficient (Wildman–Crippen LogP) is 1.54. The molecule has 0 aromatic rings. The lowest BCUT2D eigenvalue weighted by Gasteiger charge is -2.38. The van der Waals surface area contributed by atoms with Crippen molar-refractivity contribution >= 4 is 6.03 Å². The maximum Gasteiger partial charge on any atom is 0.319 e. The first-order chi connectivity index (χ1) is 5.66. The van der Waals surface area contributed by atoms with E-state index in [0.29, 0.717) is 6.04 Å². The third-order valence-electron chi connectivity index (χ3n) is 2.45. The first kappa shape index (κ1) is 9.36. The Hall–Kier alpha value is -0.730. The molecular weight excluding hydrogens is 152 g/mol. The molecule has 1 heterocycles. The Morgan fingerprint density at radius 3 is 2.83 bits per heavy atom. The highest BCUT2D eigenvalue weighted by Crippen LogP contribution is 2.14. The third kappa shape index (κ3) is 1.71. The van der Waals surface area contributed by atoms with E-state index in [2.05, 4.69) is 13.8 Å². The highest BCUT2D eigenvalue weighted by atomic mass is 16.2. The van der Waals surface area contributed by atoms with Crippen molar-refractivity contribution in [2.45, 2.75) is 32.7 Å². The van der Waals surface area contributed by atoms with Crippen LogP contribution in [-0.2, 0) is 0 Å². The second kappa shape index (κ2) is 3.78. The Balaban J connectivity index is 2.58. The summed E-state index contributed by atoms with van der Waals surface area (Å²) in [6.07, 6.45) is 2.14. The molecule has 0 N–H and O–H groups in total. The lowest BCUT2D eigenvalue weighted by Crippen LogP contribution is -2.51. The molecule has 12 heavy (non-hydrogen) atoms. The lowest BCUT2D eigenvalue weighted by atomic mass is 10.1. The highest BCUT2D eigenvalue weighted by Gasteiger charge is 2.27. The van der Waals surface area contributed by atoms with Gasteiger partial charge in [-0.1, -0.05) is 6.92 Å². The fraction of sp³-hybridized carbons (Fsp3) is 0.889. The van der Waals surface area contributed by atoms with Crippen LogP contribution in [0.1, 0.15) is 26.7 Å².